The smallest absolute Gasteiger partial charge is 0.411 e. The first-order valence-corrected chi connectivity index (χ1v) is 8.26. The van der Waals surface area contributed by atoms with Crippen molar-refractivity contribution in [2.24, 2.45) is 0 Å². The molecule has 0 aliphatic carbocycles. The molecule has 5 heteroatoms. The second kappa shape index (κ2) is 7.84. The molecule has 126 valence electrons. The average Bonchev–Trinajstić information content (AvgIpc) is 2.83. The molecular weight excluding hydrogens is 302 g/mol. The largest absolute Gasteiger partial charge is 0.453 e. The number of ether oxygens (including phenoxy) is 1. The molecule has 1 atom stereocenters. The van der Waals surface area contributed by atoms with Crippen LogP contribution in [-0.2, 0) is 11.3 Å². The van der Waals surface area contributed by atoms with Crippen LogP contribution in [0.25, 0.3) is 0 Å². The Morgan fingerprint density at radius 2 is 2.00 bits per heavy atom. The van der Waals surface area contributed by atoms with Gasteiger partial charge >= 0.3 is 6.09 Å². The topological polar surface area (TPSA) is 62.4 Å². The lowest BCUT2D eigenvalue weighted by Gasteiger charge is -2.19. The molecule has 3 N–H and O–H groups in total. The van der Waals surface area contributed by atoms with Gasteiger partial charge < -0.3 is 15.4 Å². The molecule has 1 heterocycles. The number of hydrogen-bond donors (Lipinski definition) is 3. The number of amides is 1. The minimum Gasteiger partial charge on any atom is -0.453 e. The van der Waals surface area contributed by atoms with Gasteiger partial charge in [-0.1, -0.05) is 30.3 Å². The van der Waals surface area contributed by atoms with Gasteiger partial charge in [-0.05, 0) is 42.2 Å². The summed E-state index contributed by atoms with van der Waals surface area (Å²) in [6, 6.07) is 16.6. The number of rotatable bonds is 4. The van der Waals surface area contributed by atoms with E-state index in [1.54, 1.807) is 0 Å². The Morgan fingerprint density at radius 3 is 2.79 bits per heavy atom. The zero-order valence-electron chi connectivity index (χ0n) is 13.8. The maximum atomic E-state index is 11.2. The molecule has 0 saturated carbocycles. The van der Waals surface area contributed by atoms with Gasteiger partial charge in [0.25, 0.3) is 0 Å². The molecule has 2 aromatic rings. The van der Waals surface area contributed by atoms with Crippen LogP contribution >= 0.6 is 0 Å². The number of hydrogen-bond acceptors (Lipinski definition) is 4. The van der Waals surface area contributed by atoms with Crippen molar-refractivity contribution >= 4 is 17.5 Å². The van der Waals surface area contributed by atoms with Crippen LogP contribution in [0.2, 0.25) is 0 Å². The molecule has 0 unspecified atom stereocenters. The van der Waals surface area contributed by atoms with E-state index in [0.717, 1.165) is 31.6 Å². The lowest BCUT2D eigenvalue weighted by molar-refractivity contribution is 0.187. The van der Waals surface area contributed by atoms with Crippen molar-refractivity contribution in [3.8, 4) is 0 Å². The normalized spacial score (nSPS) is 16.5. The Morgan fingerprint density at radius 1 is 1.21 bits per heavy atom. The molecule has 1 aliphatic rings. The van der Waals surface area contributed by atoms with Crippen LogP contribution in [0, 0.1) is 0 Å². The average molecular weight is 325 g/mol. The Labute approximate surface area is 142 Å². The van der Waals surface area contributed by atoms with Crippen LogP contribution in [0.15, 0.2) is 48.5 Å². The quantitative estimate of drug-likeness (QED) is 0.798. The van der Waals surface area contributed by atoms with E-state index in [2.05, 4.69) is 45.0 Å². The van der Waals surface area contributed by atoms with Crippen LogP contribution in [0.5, 0.6) is 0 Å². The van der Waals surface area contributed by atoms with Crippen LogP contribution in [-0.4, -0.2) is 19.7 Å². The first kappa shape index (κ1) is 16.3. The third-order valence-corrected chi connectivity index (χ3v) is 4.26. The Kier molecular flexibility index (Phi) is 5.33. The number of fused-ring (bicyclic) bond motifs is 1. The van der Waals surface area contributed by atoms with Crippen molar-refractivity contribution in [1.29, 1.82) is 0 Å². The van der Waals surface area contributed by atoms with Crippen LogP contribution in [0.4, 0.5) is 16.2 Å². The summed E-state index contributed by atoms with van der Waals surface area (Å²) in [5, 5.41) is 9.80. The molecule has 1 amide bonds. The van der Waals surface area contributed by atoms with Gasteiger partial charge in [-0.3, -0.25) is 5.32 Å². The zero-order valence-corrected chi connectivity index (χ0v) is 13.8. The number of carbonyl (C=O) groups is 1. The third-order valence-electron chi connectivity index (χ3n) is 4.26. The summed E-state index contributed by atoms with van der Waals surface area (Å²) in [6.45, 7) is 1.81. The minimum atomic E-state index is -0.455. The lowest BCUT2D eigenvalue weighted by Crippen LogP contribution is -2.20. The summed E-state index contributed by atoms with van der Waals surface area (Å²) < 4.78 is 4.59. The van der Waals surface area contributed by atoms with Gasteiger partial charge in [0, 0.05) is 30.5 Å². The van der Waals surface area contributed by atoms with E-state index in [1.807, 2.05) is 24.3 Å². The van der Waals surface area contributed by atoms with Crippen molar-refractivity contribution < 1.29 is 9.53 Å². The Hall–Kier alpha value is -2.53. The molecule has 3 rings (SSSR count). The third kappa shape index (κ3) is 4.06. The first-order valence-electron chi connectivity index (χ1n) is 8.26. The predicted octanol–water partition coefficient (Wildman–Crippen LogP) is 3.90. The van der Waals surface area contributed by atoms with Crippen LogP contribution < -0.4 is 16.0 Å². The molecular formula is C19H23N3O2. The van der Waals surface area contributed by atoms with Gasteiger partial charge in [0.2, 0.25) is 0 Å². The van der Waals surface area contributed by atoms with Gasteiger partial charge in [0.15, 0.2) is 0 Å². The van der Waals surface area contributed by atoms with Crippen molar-refractivity contribution in [2.45, 2.75) is 25.4 Å². The van der Waals surface area contributed by atoms with Gasteiger partial charge in [0.05, 0.1) is 7.11 Å². The minimum absolute atomic E-state index is 0.351. The summed E-state index contributed by atoms with van der Waals surface area (Å²) in [5.74, 6) is 0. The predicted molar refractivity (Wildman–Crippen MR) is 96.2 cm³/mol. The molecule has 0 bridgehead atoms. The second-order valence-electron chi connectivity index (χ2n) is 5.90. The highest BCUT2D eigenvalue weighted by atomic mass is 16.5. The van der Waals surface area contributed by atoms with Gasteiger partial charge in [-0.2, -0.15) is 0 Å². The number of para-hydroxylation sites is 1. The number of anilines is 2. The highest BCUT2D eigenvalue weighted by Gasteiger charge is 2.17. The van der Waals surface area contributed by atoms with Crippen molar-refractivity contribution in [3.63, 3.8) is 0 Å². The number of nitrogens with one attached hydrogen (secondary N) is 3. The summed E-state index contributed by atoms with van der Waals surface area (Å²) >= 11 is 0. The fraction of sp³-hybridized carbons (Fsp3) is 0.316. The summed E-state index contributed by atoms with van der Waals surface area (Å²) in [6.07, 6.45) is 1.81. The number of methoxy groups -OCH3 is 1. The monoisotopic (exact) mass is 325 g/mol. The summed E-state index contributed by atoms with van der Waals surface area (Å²) in [7, 11) is 1.35. The Bertz CT molecular complexity index is 685. The van der Waals surface area contributed by atoms with Crippen molar-refractivity contribution in [2.75, 3.05) is 24.3 Å². The molecule has 24 heavy (non-hydrogen) atoms. The molecule has 5 nitrogen and oxygen atoms in total. The van der Waals surface area contributed by atoms with E-state index >= 15 is 0 Å². The number of benzene rings is 2. The van der Waals surface area contributed by atoms with Crippen LogP contribution in [0.1, 0.15) is 30.0 Å². The first-order chi connectivity index (χ1) is 11.8. The Balaban J connectivity index is 1.62. The maximum absolute atomic E-state index is 11.2. The highest BCUT2D eigenvalue weighted by molar-refractivity contribution is 5.84. The molecule has 0 fully saturated rings. The maximum Gasteiger partial charge on any atom is 0.411 e. The van der Waals surface area contributed by atoms with Crippen LogP contribution in [0.3, 0.4) is 0 Å². The van der Waals surface area contributed by atoms with Gasteiger partial charge in [-0.25, -0.2) is 4.79 Å². The standard InChI is InChI=1S/C19H23N3O2/c1-24-19(23)22-15-10-8-14(9-11-15)13-21-18-7-4-12-20-17-6-3-2-5-16(17)18/h2-3,5-6,8-11,18,20-21H,4,7,12-13H2,1H3,(H,22,23)/t18-/m0/s1. The van der Waals surface area contributed by atoms with Crippen molar-refractivity contribution in [3.05, 3.63) is 59.7 Å². The van der Waals surface area contributed by atoms with E-state index in [4.69, 9.17) is 0 Å². The lowest BCUT2D eigenvalue weighted by atomic mass is 10.0. The van der Waals surface area contributed by atoms with Gasteiger partial charge in [0.1, 0.15) is 0 Å². The molecule has 0 aromatic heterocycles. The second-order valence-corrected chi connectivity index (χ2v) is 5.90. The van der Waals surface area contributed by atoms with Crippen molar-refractivity contribution in [1.82, 2.24) is 5.32 Å². The summed E-state index contributed by atoms with van der Waals surface area (Å²) in [4.78, 5) is 11.2. The summed E-state index contributed by atoms with van der Waals surface area (Å²) in [5.41, 5.74) is 4.47. The molecule has 0 saturated heterocycles. The van der Waals surface area contributed by atoms with E-state index in [1.165, 1.54) is 23.9 Å². The fourth-order valence-corrected chi connectivity index (χ4v) is 2.97. The molecule has 0 spiro atoms. The van der Waals surface area contributed by atoms with E-state index < -0.39 is 6.09 Å². The highest BCUT2D eigenvalue weighted by Crippen LogP contribution is 2.29. The zero-order chi connectivity index (χ0) is 16.8. The number of carbonyl (C=O) groups excluding carboxylic acids is 1. The van der Waals surface area contributed by atoms with E-state index in [0.29, 0.717) is 6.04 Å². The van der Waals surface area contributed by atoms with E-state index in [9.17, 15) is 4.79 Å². The SMILES string of the molecule is COC(=O)Nc1ccc(CN[C@H]2CCCNc3ccccc32)cc1. The van der Waals surface area contributed by atoms with E-state index in [-0.39, 0.29) is 0 Å². The molecule has 0 radical (unpaired) electrons. The van der Waals surface area contributed by atoms with Gasteiger partial charge in [-0.15, -0.1) is 0 Å². The fourth-order valence-electron chi connectivity index (χ4n) is 2.97. The molecule has 1 aliphatic heterocycles. The molecule has 2 aromatic carbocycles.